The molecule has 2 atom stereocenters. The van der Waals surface area contributed by atoms with Crippen molar-refractivity contribution in [1.82, 2.24) is 5.32 Å². The summed E-state index contributed by atoms with van der Waals surface area (Å²) in [4.78, 5) is 0. The molecule has 17 heavy (non-hydrogen) atoms. The summed E-state index contributed by atoms with van der Waals surface area (Å²) in [5.74, 6) is 0.802. The van der Waals surface area contributed by atoms with E-state index in [0.717, 1.165) is 12.5 Å². The van der Waals surface area contributed by atoms with E-state index in [1.807, 2.05) is 0 Å². The average molecular weight is 231 g/mol. The molecule has 0 aromatic heterocycles. The molecule has 0 saturated heterocycles. The van der Waals surface area contributed by atoms with Crippen molar-refractivity contribution in [2.75, 3.05) is 6.54 Å². The third kappa shape index (κ3) is 2.40. The molecule has 0 bridgehead atoms. The van der Waals surface area contributed by atoms with Crippen molar-refractivity contribution in [3.63, 3.8) is 0 Å². The molecule has 0 heterocycles. The Bertz CT molecular complexity index is 366. The van der Waals surface area contributed by atoms with Gasteiger partial charge in [0.05, 0.1) is 0 Å². The van der Waals surface area contributed by atoms with Crippen LogP contribution < -0.4 is 5.32 Å². The number of hydrogen-bond donors (Lipinski definition) is 1. The van der Waals surface area contributed by atoms with E-state index in [-0.39, 0.29) is 0 Å². The van der Waals surface area contributed by atoms with Gasteiger partial charge in [-0.1, -0.05) is 50.6 Å². The Morgan fingerprint density at radius 3 is 2.35 bits per heavy atom. The highest BCUT2D eigenvalue weighted by atomic mass is 14.9. The van der Waals surface area contributed by atoms with Crippen molar-refractivity contribution in [3.05, 3.63) is 35.4 Å². The zero-order chi connectivity index (χ0) is 12.5. The highest BCUT2D eigenvalue weighted by Gasteiger charge is 2.44. The lowest BCUT2D eigenvalue weighted by Gasteiger charge is -2.49. The second-order valence-corrected chi connectivity index (χ2v) is 6.00. The Labute approximate surface area is 106 Å². The molecule has 1 fully saturated rings. The van der Waals surface area contributed by atoms with Crippen molar-refractivity contribution in [3.8, 4) is 0 Å². The second-order valence-electron chi connectivity index (χ2n) is 6.00. The Balaban J connectivity index is 2.19. The summed E-state index contributed by atoms with van der Waals surface area (Å²) in [6, 6.07) is 9.72. The zero-order valence-electron chi connectivity index (χ0n) is 11.6. The van der Waals surface area contributed by atoms with Crippen molar-refractivity contribution < 1.29 is 0 Å². The van der Waals surface area contributed by atoms with Crippen LogP contribution in [0.4, 0.5) is 0 Å². The van der Waals surface area contributed by atoms with Gasteiger partial charge in [0.25, 0.3) is 0 Å². The first kappa shape index (κ1) is 12.6. The first-order valence-corrected chi connectivity index (χ1v) is 6.85. The fourth-order valence-corrected chi connectivity index (χ4v) is 2.85. The number of benzene rings is 1. The lowest BCUT2D eigenvalue weighted by atomic mass is 9.57. The smallest absolute Gasteiger partial charge is 0.0103 e. The second kappa shape index (κ2) is 4.81. The van der Waals surface area contributed by atoms with Gasteiger partial charge in [-0.25, -0.2) is 0 Å². The highest BCUT2D eigenvalue weighted by Crippen LogP contribution is 2.48. The summed E-state index contributed by atoms with van der Waals surface area (Å²) in [7, 11) is 0. The van der Waals surface area contributed by atoms with E-state index in [2.05, 4.69) is 57.3 Å². The highest BCUT2D eigenvalue weighted by molar-refractivity contribution is 5.32. The first-order valence-electron chi connectivity index (χ1n) is 6.85. The van der Waals surface area contributed by atoms with Crippen LogP contribution in [0.5, 0.6) is 0 Å². The summed E-state index contributed by atoms with van der Waals surface area (Å²) < 4.78 is 0. The van der Waals surface area contributed by atoms with E-state index in [1.165, 1.54) is 24.0 Å². The van der Waals surface area contributed by atoms with Gasteiger partial charge in [-0.05, 0) is 31.2 Å². The molecule has 0 amide bonds. The molecule has 94 valence electrons. The first-order chi connectivity index (χ1) is 8.04. The van der Waals surface area contributed by atoms with Crippen molar-refractivity contribution in [2.45, 2.75) is 52.0 Å². The van der Waals surface area contributed by atoms with Crippen LogP contribution in [-0.2, 0) is 5.41 Å². The molecule has 0 aliphatic heterocycles. The van der Waals surface area contributed by atoms with Gasteiger partial charge < -0.3 is 5.32 Å². The number of aryl methyl sites for hydroxylation is 1. The van der Waals surface area contributed by atoms with Gasteiger partial charge >= 0.3 is 0 Å². The fraction of sp³-hybridized carbons (Fsp3) is 0.625. The number of rotatable bonds is 4. The maximum absolute atomic E-state index is 3.63. The molecular weight excluding hydrogens is 206 g/mol. The normalized spacial score (nSPS) is 28.2. The fourth-order valence-electron chi connectivity index (χ4n) is 2.85. The lowest BCUT2D eigenvalue weighted by Crippen LogP contribution is -2.51. The Morgan fingerprint density at radius 2 is 1.94 bits per heavy atom. The predicted molar refractivity (Wildman–Crippen MR) is 74.4 cm³/mol. The van der Waals surface area contributed by atoms with Crippen molar-refractivity contribution in [2.24, 2.45) is 5.92 Å². The van der Waals surface area contributed by atoms with Crippen LogP contribution in [0, 0.1) is 12.8 Å². The molecule has 0 radical (unpaired) electrons. The minimum Gasteiger partial charge on any atom is -0.314 e. The standard InChI is InChI=1S/C16H25N/c1-12(2)17-11-16(10-9-14(16)4)15-7-5-13(3)6-8-15/h5-8,12,14,17H,9-11H2,1-4H3. The molecule has 1 saturated carbocycles. The Morgan fingerprint density at radius 1 is 1.29 bits per heavy atom. The molecule has 1 aromatic carbocycles. The molecule has 2 unspecified atom stereocenters. The van der Waals surface area contributed by atoms with Crippen LogP contribution >= 0.6 is 0 Å². The zero-order valence-corrected chi connectivity index (χ0v) is 11.6. The summed E-state index contributed by atoms with van der Waals surface area (Å²) in [5.41, 5.74) is 3.26. The van der Waals surface area contributed by atoms with Crippen LogP contribution in [0.1, 0.15) is 44.7 Å². The van der Waals surface area contributed by atoms with E-state index in [0.29, 0.717) is 11.5 Å². The third-order valence-corrected chi connectivity index (χ3v) is 4.42. The quantitative estimate of drug-likeness (QED) is 0.834. The van der Waals surface area contributed by atoms with Gasteiger partial charge in [0.2, 0.25) is 0 Å². The maximum Gasteiger partial charge on any atom is 0.0103 e. The summed E-state index contributed by atoms with van der Waals surface area (Å²) in [6.45, 7) is 10.1. The van der Waals surface area contributed by atoms with Crippen LogP contribution in [0.25, 0.3) is 0 Å². The van der Waals surface area contributed by atoms with Crippen molar-refractivity contribution in [1.29, 1.82) is 0 Å². The van der Waals surface area contributed by atoms with Gasteiger partial charge in [0, 0.05) is 18.0 Å². The molecule has 1 aromatic rings. The van der Waals surface area contributed by atoms with Crippen molar-refractivity contribution >= 4 is 0 Å². The molecule has 1 nitrogen and oxygen atoms in total. The monoisotopic (exact) mass is 231 g/mol. The SMILES string of the molecule is Cc1ccc(C2(CNC(C)C)CCC2C)cc1. The van der Waals surface area contributed by atoms with Gasteiger partial charge in [-0.2, -0.15) is 0 Å². The molecular formula is C16H25N. The molecule has 0 spiro atoms. The molecule has 2 rings (SSSR count). The summed E-state index contributed by atoms with van der Waals surface area (Å²) in [5, 5.41) is 3.63. The Kier molecular flexibility index (Phi) is 3.58. The van der Waals surface area contributed by atoms with Gasteiger partial charge in [0.1, 0.15) is 0 Å². The van der Waals surface area contributed by atoms with Crippen LogP contribution in [0.2, 0.25) is 0 Å². The van der Waals surface area contributed by atoms with Gasteiger partial charge in [-0.15, -0.1) is 0 Å². The number of hydrogen-bond acceptors (Lipinski definition) is 1. The van der Waals surface area contributed by atoms with E-state index >= 15 is 0 Å². The minimum absolute atomic E-state index is 0.387. The molecule has 1 heteroatoms. The van der Waals surface area contributed by atoms with E-state index in [1.54, 1.807) is 0 Å². The van der Waals surface area contributed by atoms with Gasteiger partial charge in [-0.3, -0.25) is 0 Å². The third-order valence-electron chi connectivity index (χ3n) is 4.42. The van der Waals surface area contributed by atoms with E-state index < -0.39 is 0 Å². The predicted octanol–water partition coefficient (Wildman–Crippen LogP) is 3.66. The minimum atomic E-state index is 0.387. The topological polar surface area (TPSA) is 12.0 Å². The van der Waals surface area contributed by atoms with Crippen LogP contribution in [-0.4, -0.2) is 12.6 Å². The maximum atomic E-state index is 3.63. The molecule has 1 N–H and O–H groups in total. The average Bonchev–Trinajstić information content (AvgIpc) is 2.29. The molecule has 1 aliphatic carbocycles. The largest absolute Gasteiger partial charge is 0.314 e. The summed E-state index contributed by atoms with van der Waals surface area (Å²) in [6.07, 6.45) is 2.70. The number of nitrogens with one attached hydrogen (secondary N) is 1. The molecule has 1 aliphatic rings. The van der Waals surface area contributed by atoms with Gasteiger partial charge in [0.15, 0.2) is 0 Å². The van der Waals surface area contributed by atoms with Crippen LogP contribution in [0.15, 0.2) is 24.3 Å². The lowest BCUT2D eigenvalue weighted by molar-refractivity contribution is 0.131. The Hall–Kier alpha value is -0.820. The van der Waals surface area contributed by atoms with Crippen LogP contribution in [0.3, 0.4) is 0 Å². The summed E-state index contributed by atoms with van der Waals surface area (Å²) >= 11 is 0. The van der Waals surface area contributed by atoms with E-state index in [9.17, 15) is 0 Å². The van der Waals surface area contributed by atoms with E-state index in [4.69, 9.17) is 0 Å².